The normalized spacial score (nSPS) is 21.0. The van der Waals surface area contributed by atoms with Crippen molar-refractivity contribution in [3.8, 4) is 16.8 Å². The molecule has 0 radical (unpaired) electrons. The van der Waals surface area contributed by atoms with Crippen molar-refractivity contribution in [2.75, 3.05) is 0 Å². The number of nitrogens with zero attached hydrogens (tertiary/aromatic N) is 3. The molecule has 2 unspecified atom stereocenters. The van der Waals surface area contributed by atoms with Crippen LogP contribution in [0.5, 0.6) is 0 Å². The van der Waals surface area contributed by atoms with E-state index in [1.54, 1.807) is 0 Å². The molecule has 3 rings (SSSR count). The number of thiazole rings is 1. The molecule has 1 fully saturated rings. The van der Waals surface area contributed by atoms with Crippen molar-refractivity contribution < 1.29 is 13.2 Å². The highest BCUT2D eigenvalue weighted by atomic mass is 32.1. The van der Waals surface area contributed by atoms with Gasteiger partial charge in [0, 0.05) is 11.1 Å². The molecule has 0 aliphatic carbocycles. The molecule has 126 valence electrons. The number of hydrogen-bond acceptors (Lipinski definition) is 7. The van der Waals surface area contributed by atoms with Crippen molar-refractivity contribution in [3.05, 3.63) is 34.5 Å². The lowest BCUT2D eigenvalue weighted by Gasteiger charge is -2.10. The van der Waals surface area contributed by atoms with Gasteiger partial charge < -0.3 is 0 Å². The van der Waals surface area contributed by atoms with Crippen molar-refractivity contribution >= 4 is 11.3 Å². The Balaban J connectivity index is 1.94. The van der Waals surface area contributed by atoms with Crippen LogP contribution in [0.4, 0.5) is 13.2 Å². The summed E-state index contributed by atoms with van der Waals surface area (Å²) in [6.45, 7) is 1.96. The molecule has 0 saturated carbocycles. The van der Waals surface area contributed by atoms with Gasteiger partial charge in [0.1, 0.15) is 11.0 Å². The first kappa shape index (κ1) is 16.8. The minimum Gasteiger partial charge on any atom is -0.253 e. The summed E-state index contributed by atoms with van der Waals surface area (Å²) < 4.78 is 37.9. The number of aromatic nitrogens is 2. The zero-order chi connectivity index (χ0) is 17.3. The lowest BCUT2D eigenvalue weighted by atomic mass is 10.1. The van der Waals surface area contributed by atoms with Crippen LogP contribution in [0.25, 0.3) is 10.7 Å². The fourth-order valence-corrected chi connectivity index (χ4v) is 3.38. The summed E-state index contributed by atoms with van der Waals surface area (Å²) in [7, 11) is 0. The summed E-state index contributed by atoms with van der Waals surface area (Å²) in [5.74, 6) is 0. The summed E-state index contributed by atoms with van der Waals surface area (Å²) >= 11 is 1.37. The molecule has 3 N–H and O–H groups in total. The zero-order valence-electron chi connectivity index (χ0n) is 12.5. The van der Waals surface area contributed by atoms with Crippen LogP contribution in [-0.2, 0) is 12.6 Å². The van der Waals surface area contributed by atoms with Gasteiger partial charge >= 0.3 is 6.18 Å². The molecular formula is C14H13F3N6S. The molecule has 24 heavy (non-hydrogen) atoms. The third-order valence-corrected chi connectivity index (χ3v) is 4.82. The lowest BCUT2D eigenvalue weighted by Crippen LogP contribution is -2.32. The Kier molecular flexibility index (Phi) is 4.51. The van der Waals surface area contributed by atoms with Crippen molar-refractivity contribution in [2.45, 2.75) is 31.6 Å². The first-order valence-corrected chi connectivity index (χ1v) is 7.94. The summed E-state index contributed by atoms with van der Waals surface area (Å²) in [5, 5.41) is 9.68. The Morgan fingerprint density at radius 2 is 2.12 bits per heavy atom. The molecule has 1 aliphatic rings. The van der Waals surface area contributed by atoms with Crippen molar-refractivity contribution in [1.29, 1.82) is 5.26 Å². The van der Waals surface area contributed by atoms with Gasteiger partial charge in [-0.05, 0) is 18.6 Å². The van der Waals surface area contributed by atoms with Crippen molar-refractivity contribution in [3.63, 3.8) is 0 Å². The molecule has 1 saturated heterocycles. The quantitative estimate of drug-likeness (QED) is 0.784. The predicted molar refractivity (Wildman–Crippen MR) is 81.3 cm³/mol. The average Bonchev–Trinajstić information content (AvgIpc) is 3.20. The second-order valence-electron chi connectivity index (χ2n) is 5.11. The lowest BCUT2D eigenvalue weighted by molar-refractivity contribution is -0.137. The van der Waals surface area contributed by atoms with Crippen LogP contribution in [-0.4, -0.2) is 16.0 Å². The molecule has 0 bridgehead atoms. The summed E-state index contributed by atoms with van der Waals surface area (Å²) in [6.07, 6.45) is -2.92. The van der Waals surface area contributed by atoms with E-state index in [2.05, 4.69) is 32.4 Å². The van der Waals surface area contributed by atoms with Gasteiger partial charge in [0.15, 0.2) is 0 Å². The molecule has 0 amide bonds. The maximum atomic E-state index is 12.6. The maximum Gasteiger partial charge on any atom is 0.417 e. The fraction of sp³-hybridized carbons (Fsp3) is 0.357. The third kappa shape index (κ3) is 3.11. The van der Waals surface area contributed by atoms with E-state index in [-0.39, 0.29) is 6.04 Å². The van der Waals surface area contributed by atoms with Crippen molar-refractivity contribution in [2.24, 2.45) is 0 Å². The van der Waals surface area contributed by atoms with Crippen LogP contribution in [0.2, 0.25) is 0 Å². The zero-order valence-corrected chi connectivity index (χ0v) is 13.3. The van der Waals surface area contributed by atoms with E-state index in [1.165, 1.54) is 17.4 Å². The highest BCUT2D eigenvalue weighted by Gasteiger charge is 2.33. The van der Waals surface area contributed by atoms with Crippen LogP contribution < -0.4 is 16.4 Å². The topological polar surface area (TPSA) is 85.7 Å². The van der Waals surface area contributed by atoms with Gasteiger partial charge in [0.05, 0.1) is 29.1 Å². The minimum absolute atomic E-state index is 0.343. The summed E-state index contributed by atoms with van der Waals surface area (Å²) in [4.78, 5) is 9.34. The Labute approximate surface area is 139 Å². The Bertz CT molecular complexity index is 764. The minimum atomic E-state index is -4.42. The highest BCUT2D eigenvalue weighted by Crippen LogP contribution is 2.34. The van der Waals surface area contributed by atoms with Gasteiger partial charge in [-0.25, -0.2) is 15.8 Å². The first-order chi connectivity index (χ1) is 11.4. The van der Waals surface area contributed by atoms with Gasteiger partial charge in [-0.3, -0.25) is 4.98 Å². The SMILES string of the molecule is CCc1sc(-c2ccc(C(F)(F)F)cn2)nc1C1NNNC1C#N. The predicted octanol–water partition coefficient (Wildman–Crippen LogP) is 2.33. The fourth-order valence-electron chi connectivity index (χ4n) is 2.35. The van der Waals surface area contributed by atoms with E-state index in [0.717, 1.165) is 17.1 Å². The molecule has 6 nitrogen and oxygen atoms in total. The van der Waals surface area contributed by atoms with E-state index >= 15 is 0 Å². The molecule has 2 atom stereocenters. The van der Waals surface area contributed by atoms with Crippen LogP contribution in [0.1, 0.15) is 29.1 Å². The number of pyridine rings is 1. The smallest absolute Gasteiger partial charge is 0.253 e. The number of aryl methyl sites for hydroxylation is 1. The number of hydrazine groups is 2. The number of nitriles is 1. The molecule has 2 aromatic rings. The number of hydrogen-bond donors (Lipinski definition) is 3. The third-order valence-electron chi connectivity index (χ3n) is 3.58. The Morgan fingerprint density at radius 3 is 2.71 bits per heavy atom. The molecule has 0 spiro atoms. The second kappa shape index (κ2) is 6.45. The van der Waals surface area contributed by atoms with Gasteiger partial charge in [-0.1, -0.05) is 6.92 Å². The van der Waals surface area contributed by atoms with Crippen LogP contribution in [0.3, 0.4) is 0 Å². The van der Waals surface area contributed by atoms with Gasteiger partial charge in [0.2, 0.25) is 0 Å². The van der Waals surface area contributed by atoms with Crippen LogP contribution >= 0.6 is 11.3 Å². The molecule has 3 heterocycles. The molecule has 10 heteroatoms. The monoisotopic (exact) mass is 354 g/mol. The number of halogens is 3. The standard InChI is InChI=1S/C14H13F3N6S/c1-2-10-12(11-9(5-18)21-23-22-11)20-13(24-10)8-4-3-7(6-19-8)14(15,16)17/h3-4,6,9,11,21-23H,2H2,1H3. The first-order valence-electron chi connectivity index (χ1n) is 7.13. The summed E-state index contributed by atoms with van der Waals surface area (Å²) in [5.41, 5.74) is 8.69. The van der Waals surface area contributed by atoms with Crippen LogP contribution in [0, 0.1) is 11.3 Å². The van der Waals surface area contributed by atoms with Gasteiger partial charge in [-0.2, -0.15) is 24.0 Å². The second-order valence-corrected chi connectivity index (χ2v) is 6.19. The Hall–Kier alpha value is -2.06. The van der Waals surface area contributed by atoms with E-state index < -0.39 is 17.8 Å². The largest absolute Gasteiger partial charge is 0.417 e. The molecule has 1 aliphatic heterocycles. The van der Waals surface area contributed by atoms with Gasteiger partial charge in [-0.15, -0.1) is 11.3 Å². The number of rotatable bonds is 3. The van der Waals surface area contributed by atoms with E-state index in [4.69, 9.17) is 5.26 Å². The molecular weight excluding hydrogens is 341 g/mol. The maximum absolute atomic E-state index is 12.6. The van der Waals surface area contributed by atoms with E-state index in [9.17, 15) is 13.2 Å². The van der Waals surface area contributed by atoms with E-state index in [0.29, 0.717) is 22.8 Å². The van der Waals surface area contributed by atoms with Gasteiger partial charge in [0.25, 0.3) is 0 Å². The highest BCUT2D eigenvalue weighted by molar-refractivity contribution is 7.15. The number of nitrogens with one attached hydrogen (secondary N) is 3. The molecule has 0 aromatic carbocycles. The van der Waals surface area contributed by atoms with Crippen molar-refractivity contribution in [1.82, 2.24) is 26.4 Å². The van der Waals surface area contributed by atoms with E-state index in [1.807, 2.05) is 6.92 Å². The number of alkyl halides is 3. The summed E-state index contributed by atoms with van der Waals surface area (Å²) in [6, 6.07) is 3.59. The average molecular weight is 354 g/mol. The molecule has 2 aromatic heterocycles. The van der Waals surface area contributed by atoms with Crippen LogP contribution in [0.15, 0.2) is 18.3 Å². The Morgan fingerprint density at radius 1 is 1.33 bits per heavy atom.